The summed E-state index contributed by atoms with van der Waals surface area (Å²) in [5.41, 5.74) is 0.371. The molecule has 0 unspecified atom stereocenters. The van der Waals surface area contributed by atoms with Crippen molar-refractivity contribution < 1.29 is 13.2 Å². The number of hydrogen-bond donors (Lipinski definition) is 0. The van der Waals surface area contributed by atoms with Crippen molar-refractivity contribution in [1.82, 2.24) is 4.90 Å². The second-order valence-electron chi connectivity index (χ2n) is 3.49. The summed E-state index contributed by atoms with van der Waals surface area (Å²) in [6.45, 7) is 2.51. The van der Waals surface area contributed by atoms with Gasteiger partial charge in [-0.3, -0.25) is 4.79 Å². The third kappa shape index (κ3) is 3.49. The van der Waals surface area contributed by atoms with Gasteiger partial charge in [-0.05, 0) is 31.2 Å². The molecule has 0 spiro atoms. The largest absolute Gasteiger partial charge is 0.328 e. The molecule has 0 aliphatic heterocycles. The van der Waals surface area contributed by atoms with Crippen molar-refractivity contribution in [2.45, 2.75) is 11.8 Å². The van der Waals surface area contributed by atoms with Crippen molar-refractivity contribution in [1.29, 1.82) is 0 Å². The molecule has 1 aromatic carbocycles. The Morgan fingerprint density at radius 3 is 2.33 bits per heavy atom. The van der Waals surface area contributed by atoms with Gasteiger partial charge in [0.15, 0.2) is 0 Å². The van der Waals surface area contributed by atoms with E-state index in [9.17, 15) is 13.2 Å². The Morgan fingerprint density at radius 1 is 1.39 bits per heavy atom. The smallest absolute Gasteiger partial charge is 0.261 e. The highest BCUT2D eigenvalue weighted by Gasteiger charge is 2.15. The zero-order valence-corrected chi connectivity index (χ0v) is 11.3. The van der Waals surface area contributed by atoms with Crippen molar-refractivity contribution in [2.24, 2.45) is 0 Å². The topological polar surface area (TPSA) is 54.5 Å². The molecular weight excluding hydrogens is 274 g/mol. The normalized spacial score (nSPS) is 10.7. The summed E-state index contributed by atoms with van der Waals surface area (Å²) in [5.74, 6) is 2.15. The SMILES string of the molecule is C#CCN(CC)C(=O)c1ccc(S(=O)(=O)Cl)cc1. The van der Waals surface area contributed by atoms with Gasteiger partial charge in [-0.2, -0.15) is 0 Å². The summed E-state index contributed by atoms with van der Waals surface area (Å²) in [4.78, 5) is 13.4. The van der Waals surface area contributed by atoms with E-state index in [2.05, 4.69) is 5.92 Å². The highest BCUT2D eigenvalue weighted by atomic mass is 35.7. The predicted molar refractivity (Wildman–Crippen MR) is 69.9 cm³/mol. The number of amides is 1. The Labute approximate surface area is 111 Å². The maximum Gasteiger partial charge on any atom is 0.261 e. The van der Waals surface area contributed by atoms with Gasteiger partial charge in [0.2, 0.25) is 0 Å². The molecule has 1 aromatic rings. The number of benzene rings is 1. The first kappa shape index (κ1) is 14.6. The van der Waals surface area contributed by atoms with Gasteiger partial charge in [0.1, 0.15) is 0 Å². The standard InChI is InChI=1S/C12H12ClNO3S/c1-3-9-14(4-2)12(15)10-5-7-11(8-6-10)18(13,16)17/h1,5-8H,4,9H2,2H3. The van der Waals surface area contributed by atoms with Crippen molar-refractivity contribution in [2.75, 3.05) is 13.1 Å². The van der Waals surface area contributed by atoms with Crippen molar-refractivity contribution in [3.8, 4) is 12.3 Å². The minimum absolute atomic E-state index is 0.0410. The highest BCUT2D eigenvalue weighted by molar-refractivity contribution is 8.13. The molecule has 0 heterocycles. The van der Waals surface area contributed by atoms with Crippen molar-refractivity contribution in [3.05, 3.63) is 29.8 Å². The van der Waals surface area contributed by atoms with Crippen molar-refractivity contribution >= 4 is 25.6 Å². The summed E-state index contributed by atoms with van der Waals surface area (Å²) < 4.78 is 22.1. The van der Waals surface area contributed by atoms with Crippen LogP contribution in [0.25, 0.3) is 0 Å². The van der Waals surface area contributed by atoms with Crippen LogP contribution in [-0.4, -0.2) is 32.3 Å². The molecule has 0 N–H and O–H groups in total. The van der Waals surface area contributed by atoms with Gasteiger partial charge in [0.05, 0.1) is 11.4 Å². The quantitative estimate of drug-likeness (QED) is 0.625. The zero-order chi connectivity index (χ0) is 13.8. The summed E-state index contributed by atoms with van der Waals surface area (Å²) in [6.07, 6.45) is 5.16. The fourth-order valence-electron chi connectivity index (χ4n) is 1.38. The molecule has 18 heavy (non-hydrogen) atoms. The van der Waals surface area contributed by atoms with Crippen LogP contribution >= 0.6 is 10.7 Å². The lowest BCUT2D eigenvalue weighted by molar-refractivity contribution is 0.0785. The van der Waals surface area contributed by atoms with Gasteiger partial charge in [0.25, 0.3) is 15.0 Å². The van der Waals surface area contributed by atoms with Crippen LogP contribution in [0.2, 0.25) is 0 Å². The fraction of sp³-hybridized carbons (Fsp3) is 0.250. The van der Waals surface area contributed by atoms with Gasteiger partial charge in [-0.25, -0.2) is 8.42 Å². The van der Waals surface area contributed by atoms with E-state index in [0.717, 1.165) is 0 Å². The van der Waals surface area contributed by atoms with E-state index in [-0.39, 0.29) is 17.3 Å². The Hall–Kier alpha value is -1.51. The van der Waals surface area contributed by atoms with E-state index in [4.69, 9.17) is 17.1 Å². The first-order chi connectivity index (χ1) is 8.40. The summed E-state index contributed by atoms with van der Waals surface area (Å²) in [7, 11) is 1.41. The van der Waals surface area contributed by atoms with Crippen LogP contribution in [0.15, 0.2) is 29.2 Å². The molecule has 1 rings (SSSR count). The van der Waals surface area contributed by atoms with Crippen LogP contribution in [0.1, 0.15) is 17.3 Å². The molecule has 0 aromatic heterocycles. The van der Waals surface area contributed by atoms with E-state index in [1.54, 1.807) is 0 Å². The number of nitrogens with zero attached hydrogens (tertiary/aromatic N) is 1. The first-order valence-electron chi connectivity index (χ1n) is 5.17. The summed E-state index contributed by atoms with van der Waals surface area (Å²) in [5, 5.41) is 0. The lowest BCUT2D eigenvalue weighted by Crippen LogP contribution is -2.31. The van der Waals surface area contributed by atoms with E-state index < -0.39 is 9.05 Å². The summed E-state index contributed by atoms with van der Waals surface area (Å²) in [6, 6.07) is 5.41. The Kier molecular flexibility index (Phi) is 4.76. The lowest BCUT2D eigenvalue weighted by Gasteiger charge is -2.17. The number of carbonyl (C=O) groups is 1. The van der Waals surface area contributed by atoms with Crippen molar-refractivity contribution in [3.63, 3.8) is 0 Å². The minimum Gasteiger partial charge on any atom is -0.328 e. The van der Waals surface area contributed by atoms with Gasteiger partial charge in [-0.15, -0.1) is 6.42 Å². The zero-order valence-electron chi connectivity index (χ0n) is 9.76. The molecule has 0 radical (unpaired) electrons. The average molecular weight is 286 g/mol. The highest BCUT2D eigenvalue weighted by Crippen LogP contribution is 2.16. The van der Waals surface area contributed by atoms with Gasteiger partial charge in [-0.1, -0.05) is 5.92 Å². The summed E-state index contributed by atoms with van der Waals surface area (Å²) >= 11 is 0. The Balaban J connectivity index is 2.99. The van der Waals surface area contributed by atoms with Gasteiger partial charge < -0.3 is 4.90 Å². The monoisotopic (exact) mass is 285 g/mol. The fourth-order valence-corrected chi connectivity index (χ4v) is 2.15. The first-order valence-corrected chi connectivity index (χ1v) is 7.48. The number of rotatable bonds is 4. The Bertz CT molecular complexity index is 572. The maximum absolute atomic E-state index is 12.0. The average Bonchev–Trinajstić information content (AvgIpc) is 2.34. The third-order valence-electron chi connectivity index (χ3n) is 2.33. The van der Waals surface area contributed by atoms with Crippen LogP contribution in [0.5, 0.6) is 0 Å². The van der Waals surface area contributed by atoms with E-state index in [1.165, 1.54) is 29.2 Å². The van der Waals surface area contributed by atoms with Gasteiger partial charge >= 0.3 is 0 Å². The van der Waals surface area contributed by atoms with Gasteiger partial charge in [0, 0.05) is 22.8 Å². The second kappa shape index (κ2) is 5.89. The molecule has 0 saturated carbocycles. The van der Waals surface area contributed by atoms with Crippen LogP contribution in [-0.2, 0) is 9.05 Å². The second-order valence-corrected chi connectivity index (χ2v) is 6.05. The number of hydrogen-bond acceptors (Lipinski definition) is 3. The molecule has 0 atom stereocenters. The molecule has 0 aliphatic carbocycles. The minimum atomic E-state index is -3.77. The molecule has 0 fully saturated rings. The van der Waals surface area contributed by atoms with Crippen LogP contribution < -0.4 is 0 Å². The lowest BCUT2D eigenvalue weighted by atomic mass is 10.2. The van der Waals surface area contributed by atoms with Crippen LogP contribution in [0, 0.1) is 12.3 Å². The maximum atomic E-state index is 12.0. The molecule has 0 aliphatic rings. The van der Waals surface area contributed by atoms with E-state index in [1.807, 2.05) is 6.92 Å². The molecular formula is C12H12ClNO3S. The Morgan fingerprint density at radius 2 is 1.94 bits per heavy atom. The number of terminal acetylenes is 1. The van der Waals surface area contributed by atoms with E-state index in [0.29, 0.717) is 12.1 Å². The molecule has 4 nitrogen and oxygen atoms in total. The van der Waals surface area contributed by atoms with Crippen LogP contribution in [0.3, 0.4) is 0 Å². The number of carbonyl (C=O) groups excluding carboxylic acids is 1. The molecule has 0 bridgehead atoms. The predicted octanol–water partition coefficient (Wildman–Crippen LogP) is 1.71. The number of halogens is 1. The molecule has 1 amide bonds. The molecule has 6 heteroatoms. The third-order valence-corrected chi connectivity index (χ3v) is 3.70. The van der Waals surface area contributed by atoms with Crippen LogP contribution in [0.4, 0.5) is 0 Å². The molecule has 96 valence electrons. The molecule has 0 saturated heterocycles. The van der Waals surface area contributed by atoms with E-state index >= 15 is 0 Å².